The lowest BCUT2D eigenvalue weighted by Gasteiger charge is -2.18. The molecular weight excluding hydrogens is 380 g/mol. The summed E-state index contributed by atoms with van der Waals surface area (Å²) in [5, 5.41) is 5.84. The topological polar surface area (TPSA) is 70.4 Å². The van der Waals surface area contributed by atoms with Gasteiger partial charge >= 0.3 is 5.97 Å². The highest BCUT2D eigenvalue weighted by Crippen LogP contribution is 2.13. The monoisotopic (exact) mass is 408 g/mol. The zero-order valence-corrected chi connectivity index (χ0v) is 17.7. The average molecular weight is 408 g/mol. The van der Waals surface area contributed by atoms with Crippen LogP contribution in [0.4, 0.5) is 0 Å². The number of aromatic nitrogens is 2. The van der Waals surface area contributed by atoms with Gasteiger partial charge in [0.1, 0.15) is 0 Å². The van der Waals surface area contributed by atoms with Gasteiger partial charge in [0.15, 0.2) is 6.10 Å². The maximum Gasteiger partial charge on any atom is 0.335 e. The SMILES string of the molecule is COC(=O)C(Cc1ccc(CCCn2ncc3ccccc3c2=O)cc1)OC(C)C. The first kappa shape index (κ1) is 21.7. The molecule has 0 saturated heterocycles. The Balaban J connectivity index is 1.58. The van der Waals surface area contributed by atoms with Crippen molar-refractivity contribution in [3.8, 4) is 0 Å². The Morgan fingerprint density at radius 1 is 1.07 bits per heavy atom. The van der Waals surface area contributed by atoms with E-state index in [0.717, 1.165) is 23.8 Å². The number of hydrogen-bond acceptors (Lipinski definition) is 5. The van der Waals surface area contributed by atoms with Gasteiger partial charge in [0.05, 0.1) is 24.8 Å². The van der Waals surface area contributed by atoms with Crippen LogP contribution in [0.2, 0.25) is 0 Å². The van der Waals surface area contributed by atoms with Crippen LogP contribution in [0.3, 0.4) is 0 Å². The maximum absolute atomic E-state index is 12.5. The van der Waals surface area contributed by atoms with Crippen LogP contribution in [0.5, 0.6) is 0 Å². The number of nitrogens with zero attached hydrogens (tertiary/aromatic N) is 2. The molecule has 1 aromatic heterocycles. The second kappa shape index (κ2) is 10.2. The summed E-state index contributed by atoms with van der Waals surface area (Å²) in [5.41, 5.74) is 2.14. The van der Waals surface area contributed by atoms with Gasteiger partial charge in [-0.2, -0.15) is 5.10 Å². The van der Waals surface area contributed by atoms with Gasteiger partial charge in [0, 0.05) is 18.4 Å². The standard InChI is InChI=1S/C24H28N2O4/c1-17(2)30-22(24(28)29-3)15-19-12-10-18(11-13-19)7-6-14-26-23(27)21-9-5-4-8-20(21)16-25-26/h4-5,8-13,16-17,22H,6-7,14-15H2,1-3H3. The molecule has 6 nitrogen and oxygen atoms in total. The average Bonchev–Trinajstić information content (AvgIpc) is 2.75. The summed E-state index contributed by atoms with van der Waals surface area (Å²) in [6.07, 6.45) is 3.20. The van der Waals surface area contributed by atoms with Crippen LogP contribution in [-0.4, -0.2) is 35.1 Å². The van der Waals surface area contributed by atoms with Crippen molar-refractivity contribution in [3.63, 3.8) is 0 Å². The first-order valence-electron chi connectivity index (χ1n) is 10.2. The van der Waals surface area contributed by atoms with Crippen molar-refractivity contribution in [1.29, 1.82) is 0 Å². The lowest BCUT2D eigenvalue weighted by molar-refractivity contribution is -0.156. The van der Waals surface area contributed by atoms with Gasteiger partial charge in [-0.25, -0.2) is 9.48 Å². The summed E-state index contributed by atoms with van der Waals surface area (Å²) >= 11 is 0. The van der Waals surface area contributed by atoms with Gasteiger partial charge in [0.2, 0.25) is 0 Å². The Kier molecular flexibility index (Phi) is 7.36. The van der Waals surface area contributed by atoms with E-state index >= 15 is 0 Å². The molecule has 6 heteroatoms. The Labute approximate surface area is 176 Å². The van der Waals surface area contributed by atoms with Crippen molar-refractivity contribution in [3.05, 3.63) is 76.2 Å². The summed E-state index contributed by atoms with van der Waals surface area (Å²) in [5.74, 6) is -0.360. The summed E-state index contributed by atoms with van der Waals surface area (Å²) in [6, 6.07) is 15.6. The fraction of sp³-hybridized carbons (Fsp3) is 0.375. The van der Waals surface area contributed by atoms with Crippen LogP contribution in [-0.2, 0) is 33.7 Å². The highest BCUT2D eigenvalue weighted by Gasteiger charge is 2.21. The van der Waals surface area contributed by atoms with Crippen molar-refractivity contribution in [2.75, 3.05) is 7.11 Å². The van der Waals surface area contributed by atoms with Crippen LogP contribution in [0.25, 0.3) is 10.8 Å². The molecular formula is C24H28N2O4. The largest absolute Gasteiger partial charge is 0.467 e. The van der Waals surface area contributed by atoms with Crippen LogP contribution < -0.4 is 5.56 Å². The summed E-state index contributed by atoms with van der Waals surface area (Å²) in [4.78, 5) is 24.4. The second-order valence-electron chi connectivity index (χ2n) is 7.58. The Morgan fingerprint density at radius 2 is 1.77 bits per heavy atom. The molecule has 1 heterocycles. The van der Waals surface area contributed by atoms with E-state index in [1.54, 1.807) is 6.20 Å². The first-order chi connectivity index (χ1) is 14.5. The van der Waals surface area contributed by atoms with E-state index in [-0.39, 0.29) is 17.6 Å². The molecule has 30 heavy (non-hydrogen) atoms. The van der Waals surface area contributed by atoms with Crippen molar-refractivity contribution < 1.29 is 14.3 Å². The zero-order chi connectivity index (χ0) is 21.5. The van der Waals surface area contributed by atoms with Gasteiger partial charge in [-0.1, -0.05) is 42.5 Å². The third-order valence-corrected chi connectivity index (χ3v) is 4.94. The number of benzene rings is 2. The molecule has 0 bridgehead atoms. The predicted octanol–water partition coefficient (Wildman–Crippen LogP) is 3.54. The molecule has 0 fully saturated rings. The van der Waals surface area contributed by atoms with Gasteiger partial charge in [-0.3, -0.25) is 4.79 Å². The van der Waals surface area contributed by atoms with Crippen LogP contribution in [0.15, 0.2) is 59.5 Å². The van der Waals surface area contributed by atoms with Gasteiger partial charge in [-0.15, -0.1) is 0 Å². The third kappa shape index (κ3) is 5.54. The Hall–Kier alpha value is -2.99. The fourth-order valence-corrected chi connectivity index (χ4v) is 3.42. The molecule has 1 unspecified atom stereocenters. The molecule has 0 amide bonds. The van der Waals surface area contributed by atoms with E-state index in [9.17, 15) is 9.59 Å². The molecule has 0 spiro atoms. The van der Waals surface area contributed by atoms with Crippen molar-refractivity contribution in [2.45, 2.75) is 51.9 Å². The van der Waals surface area contributed by atoms with E-state index in [2.05, 4.69) is 17.2 Å². The number of methoxy groups -OCH3 is 1. The van der Waals surface area contributed by atoms with Crippen LogP contribution >= 0.6 is 0 Å². The number of esters is 1. The number of hydrogen-bond donors (Lipinski definition) is 0. The summed E-state index contributed by atoms with van der Waals surface area (Å²) < 4.78 is 12.1. The normalized spacial score (nSPS) is 12.3. The molecule has 0 aliphatic carbocycles. The van der Waals surface area contributed by atoms with Gasteiger partial charge in [0.25, 0.3) is 5.56 Å². The number of carbonyl (C=O) groups excluding carboxylic acids is 1. The van der Waals surface area contributed by atoms with E-state index in [0.29, 0.717) is 18.4 Å². The lowest BCUT2D eigenvalue weighted by atomic mass is 10.0. The molecule has 158 valence electrons. The minimum Gasteiger partial charge on any atom is -0.467 e. The molecule has 0 radical (unpaired) electrons. The van der Waals surface area contributed by atoms with Gasteiger partial charge in [-0.05, 0) is 43.9 Å². The van der Waals surface area contributed by atoms with E-state index in [1.807, 2.05) is 50.2 Å². The molecule has 0 aliphatic rings. The van der Waals surface area contributed by atoms with Crippen molar-refractivity contribution in [2.24, 2.45) is 0 Å². The molecule has 3 rings (SSSR count). The number of aryl methyl sites for hydroxylation is 2. The number of rotatable bonds is 9. The Morgan fingerprint density at radius 3 is 2.47 bits per heavy atom. The highest BCUT2D eigenvalue weighted by atomic mass is 16.6. The van der Waals surface area contributed by atoms with E-state index < -0.39 is 6.10 Å². The van der Waals surface area contributed by atoms with E-state index in [4.69, 9.17) is 9.47 Å². The zero-order valence-electron chi connectivity index (χ0n) is 17.7. The van der Waals surface area contributed by atoms with Crippen LogP contribution in [0.1, 0.15) is 31.4 Å². The molecule has 1 atom stereocenters. The lowest BCUT2D eigenvalue weighted by Crippen LogP contribution is -2.30. The highest BCUT2D eigenvalue weighted by molar-refractivity contribution is 5.80. The summed E-state index contributed by atoms with van der Waals surface area (Å²) in [6.45, 7) is 4.36. The minimum atomic E-state index is -0.605. The van der Waals surface area contributed by atoms with Crippen molar-refractivity contribution in [1.82, 2.24) is 9.78 Å². The molecule has 0 saturated carbocycles. The summed E-state index contributed by atoms with van der Waals surface area (Å²) in [7, 11) is 1.37. The smallest absolute Gasteiger partial charge is 0.335 e. The van der Waals surface area contributed by atoms with Gasteiger partial charge < -0.3 is 9.47 Å². The van der Waals surface area contributed by atoms with E-state index in [1.165, 1.54) is 17.4 Å². The third-order valence-electron chi connectivity index (χ3n) is 4.94. The molecule has 3 aromatic rings. The molecule has 2 aromatic carbocycles. The predicted molar refractivity (Wildman–Crippen MR) is 116 cm³/mol. The number of ether oxygens (including phenoxy) is 2. The maximum atomic E-state index is 12.5. The quantitative estimate of drug-likeness (QED) is 0.507. The fourth-order valence-electron chi connectivity index (χ4n) is 3.42. The Bertz CT molecular complexity index is 1040. The minimum absolute atomic E-state index is 0.0533. The first-order valence-corrected chi connectivity index (χ1v) is 10.2. The van der Waals surface area contributed by atoms with Crippen LogP contribution in [0, 0.1) is 0 Å². The number of carbonyl (C=O) groups is 1. The second-order valence-corrected chi connectivity index (χ2v) is 7.58. The molecule has 0 N–H and O–H groups in total. The molecule has 0 aliphatic heterocycles. The number of fused-ring (bicyclic) bond motifs is 1. The van der Waals surface area contributed by atoms with Crippen molar-refractivity contribution >= 4 is 16.7 Å².